The maximum atomic E-state index is 11.5. The smallest absolute Gasteiger partial charge is 0.306 e. The van der Waals surface area contributed by atoms with Crippen LogP contribution < -0.4 is 20.9 Å². The number of carboxylic acid groups (broad SMARTS) is 1. The molecule has 7 nitrogen and oxygen atoms in total. The van der Waals surface area contributed by atoms with E-state index in [2.05, 4.69) is 89.1 Å². The Hall–Kier alpha value is -2.10. The number of hydrogen-bond donors (Lipinski definition) is 3. The Morgan fingerprint density at radius 1 is 0.771 bits per heavy atom. The molecular weight excluding hydrogens is 576 g/mol. The van der Waals surface area contributed by atoms with Crippen LogP contribution in [0, 0.1) is 11.8 Å². The average Bonchev–Trinajstić information content (AvgIpc) is 2.91. The molecule has 0 aliphatic carbocycles. The Bertz CT molecular complexity index is 909. The normalized spacial score (nSPS) is 16.4. The second kappa shape index (κ2) is 15.1. The van der Waals surface area contributed by atoms with Crippen molar-refractivity contribution in [3.8, 4) is 0 Å². The Kier molecular flexibility index (Phi) is 12.6. The SMILES string of the molecule is CN.CNC(=O)C1CCN(c2ccc(Br)cc2)CC1.O=C(O)C1CCN(c2ccc(Br)cc2)CC1. The van der Waals surface area contributed by atoms with Gasteiger partial charge < -0.3 is 26.0 Å². The number of anilines is 2. The van der Waals surface area contributed by atoms with Gasteiger partial charge in [-0.2, -0.15) is 0 Å². The standard InChI is InChI=1S/C13H17BrN2O.C12H14BrNO2.CH5N/c1-15-13(17)10-6-8-16(9-7-10)12-4-2-11(14)3-5-12;13-10-1-3-11(4-2-10)14-7-5-9(6-8-14)12(15)16;1-2/h2-5,10H,6-9H2,1H3,(H,15,17);1-4,9H,5-8H2,(H,15,16);2H2,1H3. The van der Waals surface area contributed by atoms with Crippen molar-refractivity contribution in [3.63, 3.8) is 0 Å². The summed E-state index contributed by atoms with van der Waals surface area (Å²) < 4.78 is 2.16. The van der Waals surface area contributed by atoms with Crippen LogP contribution in [0.4, 0.5) is 11.4 Å². The average molecular weight is 612 g/mol. The first-order chi connectivity index (χ1) is 16.9. The van der Waals surface area contributed by atoms with Gasteiger partial charge in [-0.3, -0.25) is 9.59 Å². The van der Waals surface area contributed by atoms with E-state index in [9.17, 15) is 9.59 Å². The highest BCUT2D eigenvalue weighted by molar-refractivity contribution is 9.10. The highest BCUT2D eigenvalue weighted by Crippen LogP contribution is 2.26. The molecule has 2 aliphatic heterocycles. The van der Waals surface area contributed by atoms with Gasteiger partial charge in [-0.15, -0.1) is 0 Å². The van der Waals surface area contributed by atoms with Gasteiger partial charge in [0, 0.05) is 59.5 Å². The molecule has 35 heavy (non-hydrogen) atoms. The number of nitrogens with two attached hydrogens (primary N) is 1. The van der Waals surface area contributed by atoms with Gasteiger partial charge in [0.2, 0.25) is 5.91 Å². The van der Waals surface area contributed by atoms with Crippen molar-refractivity contribution in [3.05, 3.63) is 57.5 Å². The fourth-order valence-electron chi connectivity index (χ4n) is 4.29. The zero-order valence-corrected chi connectivity index (χ0v) is 23.6. The van der Waals surface area contributed by atoms with Crippen LogP contribution in [0.1, 0.15) is 25.7 Å². The number of aliphatic carboxylic acids is 1. The van der Waals surface area contributed by atoms with Crippen molar-refractivity contribution in [2.24, 2.45) is 17.6 Å². The lowest BCUT2D eigenvalue weighted by Crippen LogP contribution is -2.39. The molecule has 2 aromatic carbocycles. The first-order valence-corrected chi connectivity index (χ1v) is 13.5. The third-order valence-corrected chi connectivity index (χ3v) is 7.40. The Labute approximate surface area is 225 Å². The fourth-order valence-corrected chi connectivity index (χ4v) is 4.82. The lowest BCUT2D eigenvalue weighted by Gasteiger charge is -2.32. The predicted molar refractivity (Wildman–Crippen MR) is 150 cm³/mol. The molecular formula is C26H36Br2N4O3. The van der Waals surface area contributed by atoms with Gasteiger partial charge in [0.25, 0.3) is 0 Å². The summed E-state index contributed by atoms with van der Waals surface area (Å²) in [6, 6.07) is 16.5. The van der Waals surface area contributed by atoms with Crippen molar-refractivity contribution in [2.75, 3.05) is 50.1 Å². The Morgan fingerprint density at radius 2 is 1.11 bits per heavy atom. The van der Waals surface area contributed by atoms with Crippen LogP contribution >= 0.6 is 31.9 Å². The predicted octanol–water partition coefficient (Wildman–Crippen LogP) is 4.74. The summed E-state index contributed by atoms with van der Waals surface area (Å²) in [7, 11) is 3.21. The minimum absolute atomic E-state index is 0.160. The number of nitrogens with zero attached hydrogens (tertiary/aromatic N) is 2. The van der Waals surface area contributed by atoms with E-state index in [1.807, 2.05) is 12.1 Å². The second-order valence-corrected chi connectivity index (χ2v) is 10.3. The summed E-state index contributed by atoms with van der Waals surface area (Å²) in [6.07, 6.45) is 3.36. The van der Waals surface area contributed by atoms with E-state index >= 15 is 0 Å². The van der Waals surface area contributed by atoms with Crippen LogP contribution in [-0.2, 0) is 9.59 Å². The van der Waals surface area contributed by atoms with E-state index in [0.717, 1.165) is 60.8 Å². The first-order valence-electron chi connectivity index (χ1n) is 11.9. The molecule has 2 fully saturated rings. The summed E-state index contributed by atoms with van der Waals surface area (Å²) in [6.45, 7) is 3.58. The van der Waals surface area contributed by atoms with Crippen molar-refractivity contribution in [1.82, 2.24) is 5.32 Å². The highest BCUT2D eigenvalue weighted by Gasteiger charge is 2.25. The molecule has 192 valence electrons. The maximum Gasteiger partial charge on any atom is 0.306 e. The van der Waals surface area contributed by atoms with Crippen LogP contribution in [0.3, 0.4) is 0 Å². The molecule has 0 bridgehead atoms. The van der Waals surface area contributed by atoms with Gasteiger partial charge in [0.1, 0.15) is 0 Å². The Morgan fingerprint density at radius 3 is 1.43 bits per heavy atom. The van der Waals surface area contributed by atoms with Crippen molar-refractivity contribution in [1.29, 1.82) is 0 Å². The quantitative estimate of drug-likeness (QED) is 0.462. The number of amides is 1. The molecule has 4 N–H and O–H groups in total. The van der Waals surface area contributed by atoms with Gasteiger partial charge in [-0.1, -0.05) is 31.9 Å². The molecule has 4 rings (SSSR count). The molecule has 0 radical (unpaired) electrons. The van der Waals surface area contributed by atoms with Gasteiger partial charge in [-0.25, -0.2) is 0 Å². The van der Waals surface area contributed by atoms with Crippen LogP contribution in [0.5, 0.6) is 0 Å². The van der Waals surface area contributed by atoms with Gasteiger partial charge in [-0.05, 0) is 81.3 Å². The van der Waals surface area contributed by atoms with Gasteiger partial charge in [0.15, 0.2) is 0 Å². The van der Waals surface area contributed by atoms with E-state index in [-0.39, 0.29) is 17.7 Å². The molecule has 2 heterocycles. The third-order valence-electron chi connectivity index (χ3n) is 6.34. The summed E-state index contributed by atoms with van der Waals surface area (Å²) in [5.41, 5.74) is 6.91. The van der Waals surface area contributed by atoms with Crippen molar-refractivity contribution in [2.45, 2.75) is 25.7 Å². The van der Waals surface area contributed by atoms with Crippen LogP contribution in [-0.4, -0.2) is 57.3 Å². The van der Waals surface area contributed by atoms with E-state index < -0.39 is 5.97 Å². The summed E-state index contributed by atoms with van der Waals surface area (Å²) in [4.78, 5) is 26.9. The van der Waals surface area contributed by atoms with Crippen LogP contribution in [0.2, 0.25) is 0 Å². The monoisotopic (exact) mass is 610 g/mol. The molecule has 9 heteroatoms. The first kappa shape index (κ1) is 29.1. The zero-order chi connectivity index (χ0) is 25.8. The van der Waals surface area contributed by atoms with E-state index in [1.165, 1.54) is 18.4 Å². The topological polar surface area (TPSA) is 98.9 Å². The number of carbonyl (C=O) groups excluding carboxylic acids is 1. The molecule has 0 unspecified atom stereocenters. The second-order valence-electron chi connectivity index (χ2n) is 8.43. The minimum atomic E-state index is -0.657. The van der Waals surface area contributed by atoms with Gasteiger partial charge >= 0.3 is 5.97 Å². The number of carboxylic acids is 1. The molecule has 1 amide bonds. The maximum absolute atomic E-state index is 11.5. The van der Waals surface area contributed by atoms with Gasteiger partial charge in [0.05, 0.1) is 5.92 Å². The van der Waals surface area contributed by atoms with E-state index in [4.69, 9.17) is 5.11 Å². The number of benzene rings is 2. The molecule has 0 aromatic heterocycles. The van der Waals surface area contributed by atoms with E-state index in [0.29, 0.717) is 0 Å². The number of rotatable bonds is 4. The number of hydrogen-bond acceptors (Lipinski definition) is 5. The summed E-state index contributed by atoms with van der Waals surface area (Å²) >= 11 is 6.84. The largest absolute Gasteiger partial charge is 0.481 e. The molecule has 0 atom stereocenters. The fraction of sp³-hybridized carbons (Fsp3) is 0.462. The van der Waals surface area contributed by atoms with Crippen LogP contribution in [0.15, 0.2) is 57.5 Å². The number of nitrogens with one attached hydrogen (secondary N) is 1. The number of carbonyl (C=O) groups is 2. The summed E-state index contributed by atoms with van der Waals surface area (Å²) in [5.74, 6) is -0.450. The number of halogens is 2. The van der Waals surface area contributed by atoms with E-state index in [1.54, 1.807) is 7.05 Å². The number of piperidine rings is 2. The zero-order valence-electron chi connectivity index (χ0n) is 20.4. The lowest BCUT2D eigenvalue weighted by atomic mass is 9.95. The van der Waals surface area contributed by atoms with Crippen LogP contribution in [0.25, 0.3) is 0 Å². The third kappa shape index (κ3) is 9.13. The molecule has 2 aliphatic rings. The van der Waals surface area contributed by atoms with Crippen molar-refractivity contribution < 1.29 is 14.7 Å². The summed E-state index contributed by atoms with van der Waals surface area (Å²) in [5, 5.41) is 11.6. The lowest BCUT2D eigenvalue weighted by molar-refractivity contribution is -0.142. The molecule has 0 spiro atoms. The molecule has 0 saturated carbocycles. The molecule has 2 aromatic rings. The van der Waals surface area contributed by atoms with Crippen molar-refractivity contribution >= 4 is 55.1 Å². The molecule has 2 saturated heterocycles. The Balaban J connectivity index is 0.000000231. The minimum Gasteiger partial charge on any atom is -0.481 e. The highest BCUT2D eigenvalue weighted by atomic mass is 79.9.